The molecule has 0 aliphatic carbocycles. The van der Waals surface area contributed by atoms with Crippen LogP contribution in [0.4, 0.5) is 5.69 Å². The van der Waals surface area contributed by atoms with Crippen LogP contribution in [0.3, 0.4) is 0 Å². The minimum atomic E-state index is -0.893. The molecule has 0 aliphatic heterocycles. The van der Waals surface area contributed by atoms with Crippen LogP contribution in [0.25, 0.3) is 0 Å². The maximum Gasteiger partial charge on any atom is 0.336 e. The monoisotopic (exact) mass is 241 g/mol. The summed E-state index contributed by atoms with van der Waals surface area (Å²) in [6, 6.07) is 15.4. The molecule has 2 N–H and O–H groups in total. The maximum atomic E-state index is 11.0. The molecule has 0 saturated heterocycles. The molecular weight excluding hydrogens is 226 g/mol. The van der Waals surface area contributed by atoms with Gasteiger partial charge < -0.3 is 10.4 Å². The fourth-order valence-electron chi connectivity index (χ4n) is 1.76. The van der Waals surface area contributed by atoms with Crippen molar-refractivity contribution >= 4 is 11.7 Å². The Labute approximate surface area is 106 Å². The van der Waals surface area contributed by atoms with Crippen molar-refractivity contribution in [1.82, 2.24) is 0 Å². The molecule has 0 spiro atoms. The van der Waals surface area contributed by atoms with Gasteiger partial charge >= 0.3 is 5.97 Å². The zero-order chi connectivity index (χ0) is 13.0. The van der Waals surface area contributed by atoms with E-state index in [9.17, 15) is 4.79 Å². The normalized spacial score (nSPS) is 10.1. The zero-order valence-corrected chi connectivity index (χ0v) is 10.2. The summed E-state index contributed by atoms with van der Waals surface area (Å²) in [5.74, 6) is -0.893. The van der Waals surface area contributed by atoms with Gasteiger partial charge in [-0.2, -0.15) is 0 Å². The lowest BCUT2D eigenvalue weighted by Crippen LogP contribution is -2.03. The summed E-state index contributed by atoms with van der Waals surface area (Å²) in [6.45, 7) is 2.48. The fourth-order valence-corrected chi connectivity index (χ4v) is 1.76. The molecule has 0 fully saturated rings. The SMILES string of the molecule is Cc1ccc(NCc2ccccc2)cc1C(=O)O. The summed E-state index contributed by atoms with van der Waals surface area (Å²) in [5, 5.41) is 12.3. The number of carboxylic acids is 1. The first kappa shape index (κ1) is 12.2. The van der Waals surface area contributed by atoms with Crippen molar-refractivity contribution in [2.24, 2.45) is 0 Å². The van der Waals surface area contributed by atoms with Crippen LogP contribution in [0, 0.1) is 6.92 Å². The standard InChI is InChI=1S/C15H15NO2/c1-11-7-8-13(9-14(11)15(17)18)16-10-12-5-3-2-4-6-12/h2-9,16H,10H2,1H3,(H,17,18). The van der Waals surface area contributed by atoms with E-state index in [4.69, 9.17) is 5.11 Å². The van der Waals surface area contributed by atoms with Gasteiger partial charge in [0.1, 0.15) is 0 Å². The Morgan fingerprint density at radius 3 is 2.56 bits per heavy atom. The molecule has 0 heterocycles. The van der Waals surface area contributed by atoms with Crippen LogP contribution in [-0.4, -0.2) is 11.1 Å². The molecule has 0 amide bonds. The van der Waals surface area contributed by atoms with E-state index in [1.165, 1.54) is 0 Å². The van der Waals surface area contributed by atoms with Crippen LogP contribution in [0.5, 0.6) is 0 Å². The van der Waals surface area contributed by atoms with Crippen LogP contribution >= 0.6 is 0 Å². The average Bonchev–Trinajstić information content (AvgIpc) is 2.38. The minimum Gasteiger partial charge on any atom is -0.478 e. The number of benzene rings is 2. The summed E-state index contributed by atoms with van der Waals surface area (Å²) in [5.41, 5.74) is 3.10. The number of carbonyl (C=O) groups is 1. The predicted molar refractivity (Wildman–Crippen MR) is 71.9 cm³/mol. The van der Waals surface area contributed by atoms with Crippen molar-refractivity contribution in [1.29, 1.82) is 0 Å². The third kappa shape index (κ3) is 2.88. The molecule has 3 heteroatoms. The molecule has 2 rings (SSSR count). The molecule has 92 valence electrons. The molecule has 0 aliphatic rings. The Morgan fingerprint density at radius 1 is 1.17 bits per heavy atom. The number of nitrogens with one attached hydrogen (secondary N) is 1. The first-order valence-electron chi connectivity index (χ1n) is 5.78. The van der Waals surface area contributed by atoms with E-state index in [1.54, 1.807) is 13.0 Å². The Morgan fingerprint density at radius 2 is 1.89 bits per heavy atom. The fraction of sp³-hybridized carbons (Fsp3) is 0.133. The zero-order valence-electron chi connectivity index (χ0n) is 10.2. The number of hydrogen-bond acceptors (Lipinski definition) is 2. The lowest BCUT2D eigenvalue weighted by molar-refractivity contribution is 0.0696. The molecule has 0 radical (unpaired) electrons. The highest BCUT2D eigenvalue weighted by Crippen LogP contribution is 2.16. The highest BCUT2D eigenvalue weighted by Gasteiger charge is 2.07. The lowest BCUT2D eigenvalue weighted by atomic mass is 10.1. The highest BCUT2D eigenvalue weighted by atomic mass is 16.4. The van der Waals surface area contributed by atoms with Gasteiger partial charge in [-0.3, -0.25) is 0 Å². The van der Waals surface area contributed by atoms with Crippen molar-refractivity contribution in [3.8, 4) is 0 Å². The first-order chi connectivity index (χ1) is 8.66. The molecule has 2 aromatic carbocycles. The van der Waals surface area contributed by atoms with Crippen molar-refractivity contribution < 1.29 is 9.90 Å². The second-order valence-electron chi connectivity index (χ2n) is 4.17. The van der Waals surface area contributed by atoms with E-state index in [1.807, 2.05) is 42.5 Å². The summed E-state index contributed by atoms with van der Waals surface area (Å²) >= 11 is 0. The van der Waals surface area contributed by atoms with Gasteiger partial charge in [-0.1, -0.05) is 36.4 Å². The number of rotatable bonds is 4. The molecule has 0 bridgehead atoms. The van der Waals surface area contributed by atoms with Crippen LogP contribution in [0.15, 0.2) is 48.5 Å². The van der Waals surface area contributed by atoms with Crippen LogP contribution < -0.4 is 5.32 Å². The Bertz CT molecular complexity index is 550. The summed E-state index contributed by atoms with van der Waals surface area (Å²) in [6.07, 6.45) is 0. The van der Waals surface area contributed by atoms with E-state index in [-0.39, 0.29) is 0 Å². The van der Waals surface area contributed by atoms with Crippen molar-refractivity contribution in [2.75, 3.05) is 5.32 Å². The lowest BCUT2D eigenvalue weighted by Gasteiger charge is -2.08. The largest absolute Gasteiger partial charge is 0.478 e. The molecule has 0 aromatic heterocycles. The Hall–Kier alpha value is -2.29. The van der Waals surface area contributed by atoms with Crippen LogP contribution in [-0.2, 0) is 6.54 Å². The second-order valence-corrected chi connectivity index (χ2v) is 4.17. The van der Waals surface area contributed by atoms with Gasteiger partial charge in [0, 0.05) is 12.2 Å². The molecule has 2 aromatic rings. The quantitative estimate of drug-likeness (QED) is 0.863. The van der Waals surface area contributed by atoms with Crippen LogP contribution in [0.1, 0.15) is 21.5 Å². The van der Waals surface area contributed by atoms with Gasteiger partial charge in [-0.25, -0.2) is 4.79 Å². The van der Waals surface area contributed by atoms with Gasteiger partial charge in [0.05, 0.1) is 5.56 Å². The number of hydrogen-bond donors (Lipinski definition) is 2. The molecule has 0 atom stereocenters. The number of aromatic carboxylic acids is 1. The van der Waals surface area contributed by atoms with E-state index >= 15 is 0 Å². The summed E-state index contributed by atoms with van der Waals surface area (Å²) < 4.78 is 0. The molecular formula is C15H15NO2. The van der Waals surface area contributed by atoms with E-state index < -0.39 is 5.97 Å². The van der Waals surface area contributed by atoms with Gasteiger partial charge in [0.2, 0.25) is 0 Å². The minimum absolute atomic E-state index is 0.341. The molecule has 0 unspecified atom stereocenters. The molecule has 0 saturated carbocycles. The second kappa shape index (κ2) is 5.36. The van der Waals surface area contributed by atoms with E-state index in [2.05, 4.69) is 5.32 Å². The number of anilines is 1. The van der Waals surface area contributed by atoms with Gasteiger partial charge in [0.15, 0.2) is 0 Å². The topological polar surface area (TPSA) is 49.3 Å². The number of aryl methyl sites for hydroxylation is 1. The highest BCUT2D eigenvalue weighted by molar-refractivity contribution is 5.90. The Balaban J connectivity index is 2.11. The van der Waals surface area contributed by atoms with Crippen molar-refractivity contribution in [3.63, 3.8) is 0 Å². The van der Waals surface area contributed by atoms with Crippen molar-refractivity contribution in [3.05, 3.63) is 65.2 Å². The van der Waals surface area contributed by atoms with Gasteiger partial charge in [0.25, 0.3) is 0 Å². The van der Waals surface area contributed by atoms with Crippen LogP contribution in [0.2, 0.25) is 0 Å². The molecule has 3 nitrogen and oxygen atoms in total. The number of carboxylic acid groups (broad SMARTS) is 1. The summed E-state index contributed by atoms with van der Waals surface area (Å²) in [4.78, 5) is 11.0. The van der Waals surface area contributed by atoms with E-state index in [0.717, 1.165) is 16.8 Å². The third-order valence-corrected chi connectivity index (χ3v) is 2.81. The summed E-state index contributed by atoms with van der Waals surface area (Å²) in [7, 11) is 0. The van der Waals surface area contributed by atoms with Gasteiger partial charge in [-0.15, -0.1) is 0 Å². The first-order valence-corrected chi connectivity index (χ1v) is 5.78. The predicted octanol–water partition coefficient (Wildman–Crippen LogP) is 3.31. The maximum absolute atomic E-state index is 11.0. The smallest absolute Gasteiger partial charge is 0.336 e. The van der Waals surface area contributed by atoms with E-state index in [0.29, 0.717) is 12.1 Å². The molecule has 18 heavy (non-hydrogen) atoms. The third-order valence-electron chi connectivity index (χ3n) is 2.81. The van der Waals surface area contributed by atoms with Crippen molar-refractivity contribution in [2.45, 2.75) is 13.5 Å². The average molecular weight is 241 g/mol. The Kier molecular flexibility index (Phi) is 3.63. The van der Waals surface area contributed by atoms with Gasteiger partial charge in [-0.05, 0) is 30.2 Å².